The molecule has 0 saturated carbocycles. The van der Waals surface area contributed by atoms with Crippen LogP contribution in [0.2, 0.25) is 0 Å². The highest BCUT2D eigenvalue weighted by atomic mass is 35.5. The highest BCUT2D eigenvalue weighted by Crippen LogP contribution is 2.18. The fourth-order valence-electron chi connectivity index (χ4n) is 2.07. The van der Waals surface area contributed by atoms with Crippen LogP contribution in [-0.4, -0.2) is 12.4 Å². The first-order valence-electron chi connectivity index (χ1n) is 6.28. The molecule has 2 rings (SSSR count). The quantitative estimate of drug-likeness (QED) is 0.787. The molecule has 2 aromatic rings. The predicted molar refractivity (Wildman–Crippen MR) is 85.3 cm³/mol. The molecule has 0 bridgehead atoms. The standard InChI is InChI=1S/C16H18ClN.ClH/c17-11-12-18-16(15-9-5-2-6-10-15)13-14-7-3-1-4-8-14;/h1-10,16,18H,11-13H2;1H. The van der Waals surface area contributed by atoms with E-state index in [0.29, 0.717) is 11.9 Å². The Hall–Kier alpha value is -1.02. The van der Waals surface area contributed by atoms with Gasteiger partial charge >= 0.3 is 0 Å². The van der Waals surface area contributed by atoms with Gasteiger partial charge in [0.2, 0.25) is 0 Å². The van der Waals surface area contributed by atoms with Crippen molar-refractivity contribution in [1.82, 2.24) is 5.32 Å². The van der Waals surface area contributed by atoms with Crippen LogP contribution in [-0.2, 0) is 6.42 Å². The molecule has 0 amide bonds. The van der Waals surface area contributed by atoms with E-state index >= 15 is 0 Å². The van der Waals surface area contributed by atoms with Crippen molar-refractivity contribution in [1.29, 1.82) is 0 Å². The molecule has 0 aliphatic rings. The van der Waals surface area contributed by atoms with Crippen molar-refractivity contribution in [2.24, 2.45) is 0 Å². The Kier molecular flexibility index (Phi) is 7.57. The molecule has 1 atom stereocenters. The Bertz CT molecular complexity index is 445. The molecule has 1 nitrogen and oxygen atoms in total. The minimum absolute atomic E-state index is 0. The number of hydrogen-bond acceptors (Lipinski definition) is 1. The molecule has 1 unspecified atom stereocenters. The number of benzene rings is 2. The number of hydrogen-bond donors (Lipinski definition) is 1. The van der Waals surface area contributed by atoms with E-state index in [9.17, 15) is 0 Å². The SMILES string of the molecule is Cl.ClCCNC(Cc1ccccc1)c1ccccc1. The van der Waals surface area contributed by atoms with Crippen molar-refractivity contribution in [3.8, 4) is 0 Å². The second-order valence-electron chi connectivity index (χ2n) is 4.30. The minimum Gasteiger partial charge on any atom is -0.308 e. The van der Waals surface area contributed by atoms with Gasteiger partial charge in [-0.25, -0.2) is 0 Å². The topological polar surface area (TPSA) is 12.0 Å². The second-order valence-corrected chi connectivity index (χ2v) is 4.67. The summed E-state index contributed by atoms with van der Waals surface area (Å²) in [5, 5.41) is 3.50. The molecule has 1 N–H and O–H groups in total. The highest BCUT2D eigenvalue weighted by molar-refractivity contribution is 6.18. The highest BCUT2D eigenvalue weighted by Gasteiger charge is 2.10. The number of alkyl halides is 1. The van der Waals surface area contributed by atoms with Crippen LogP contribution in [0.5, 0.6) is 0 Å². The number of rotatable bonds is 6. The summed E-state index contributed by atoms with van der Waals surface area (Å²) in [4.78, 5) is 0. The first kappa shape index (κ1) is 16.0. The maximum atomic E-state index is 5.77. The summed E-state index contributed by atoms with van der Waals surface area (Å²) in [7, 11) is 0. The van der Waals surface area contributed by atoms with Gasteiger partial charge in [0, 0.05) is 18.5 Å². The monoisotopic (exact) mass is 295 g/mol. The molecular formula is C16H19Cl2N. The Labute approximate surface area is 126 Å². The van der Waals surface area contributed by atoms with Gasteiger partial charge in [-0.05, 0) is 17.5 Å². The molecule has 102 valence electrons. The molecule has 0 aromatic heterocycles. The maximum Gasteiger partial charge on any atom is 0.0361 e. The van der Waals surface area contributed by atoms with Crippen LogP contribution in [0.25, 0.3) is 0 Å². The van der Waals surface area contributed by atoms with Crippen molar-refractivity contribution < 1.29 is 0 Å². The van der Waals surface area contributed by atoms with Crippen molar-refractivity contribution in [3.63, 3.8) is 0 Å². The van der Waals surface area contributed by atoms with Crippen molar-refractivity contribution in [3.05, 3.63) is 71.8 Å². The van der Waals surface area contributed by atoms with Crippen LogP contribution in [0.1, 0.15) is 17.2 Å². The summed E-state index contributed by atoms with van der Waals surface area (Å²) in [6.07, 6.45) is 0.988. The number of halogens is 2. The Balaban J connectivity index is 0.00000180. The maximum absolute atomic E-state index is 5.77. The zero-order valence-electron chi connectivity index (χ0n) is 10.8. The molecule has 19 heavy (non-hydrogen) atoms. The van der Waals surface area contributed by atoms with Crippen molar-refractivity contribution in [2.75, 3.05) is 12.4 Å². The van der Waals surface area contributed by atoms with Gasteiger partial charge in [-0.3, -0.25) is 0 Å². The van der Waals surface area contributed by atoms with E-state index in [4.69, 9.17) is 11.6 Å². The lowest BCUT2D eigenvalue weighted by molar-refractivity contribution is 0.551. The molecule has 2 aromatic carbocycles. The van der Waals surface area contributed by atoms with E-state index < -0.39 is 0 Å². The second kappa shape index (κ2) is 8.98. The molecule has 0 spiro atoms. The molecule has 0 aliphatic carbocycles. The summed E-state index contributed by atoms with van der Waals surface area (Å²) in [5.41, 5.74) is 2.65. The van der Waals surface area contributed by atoms with Gasteiger partial charge in [0.1, 0.15) is 0 Å². The molecule has 0 aliphatic heterocycles. The van der Waals surface area contributed by atoms with E-state index in [1.807, 2.05) is 12.1 Å². The van der Waals surface area contributed by atoms with Crippen LogP contribution >= 0.6 is 24.0 Å². The molecule has 0 heterocycles. The number of nitrogens with one attached hydrogen (secondary N) is 1. The first-order valence-corrected chi connectivity index (χ1v) is 6.82. The van der Waals surface area contributed by atoms with Gasteiger partial charge in [-0.1, -0.05) is 60.7 Å². The average molecular weight is 296 g/mol. The van der Waals surface area contributed by atoms with Gasteiger partial charge in [0.15, 0.2) is 0 Å². The third-order valence-corrected chi connectivity index (χ3v) is 3.16. The summed E-state index contributed by atoms with van der Waals surface area (Å²) in [6.45, 7) is 0.827. The van der Waals surface area contributed by atoms with E-state index in [0.717, 1.165) is 13.0 Å². The van der Waals surface area contributed by atoms with Crippen LogP contribution in [0, 0.1) is 0 Å². The van der Waals surface area contributed by atoms with E-state index in [2.05, 4.69) is 53.8 Å². The van der Waals surface area contributed by atoms with Crippen LogP contribution in [0.15, 0.2) is 60.7 Å². The Morgan fingerprint density at radius 3 is 2.05 bits per heavy atom. The molecule has 3 heteroatoms. The Morgan fingerprint density at radius 2 is 1.47 bits per heavy atom. The van der Waals surface area contributed by atoms with E-state index in [1.54, 1.807) is 0 Å². The first-order chi connectivity index (χ1) is 8.90. The van der Waals surface area contributed by atoms with Gasteiger partial charge in [-0.15, -0.1) is 24.0 Å². The van der Waals surface area contributed by atoms with E-state index in [-0.39, 0.29) is 12.4 Å². The smallest absolute Gasteiger partial charge is 0.0361 e. The molecular weight excluding hydrogens is 277 g/mol. The van der Waals surface area contributed by atoms with Gasteiger partial charge in [0.25, 0.3) is 0 Å². The lowest BCUT2D eigenvalue weighted by atomic mass is 9.99. The summed E-state index contributed by atoms with van der Waals surface area (Å²) in [5.74, 6) is 0.637. The zero-order valence-corrected chi connectivity index (χ0v) is 12.3. The molecule has 0 saturated heterocycles. The fourth-order valence-corrected chi connectivity index (χ4v) is 2.18. The zero-order chi connectivity index (χ0) is 12.6. The lowest BCUT2D eigenvalue weighted by Crippen LogP contribution is -2.25. The third-order valence-electron chi connectivity index (χ3n) is 2.97. The van der Waals surface area contributed by atoms with Crippen LogP contribution < -0.4 is 5.32 Å². The Morgan fingerprint density at radius 1 is 0.895 bits per heavy atom. The molecule has 0 fully saturated rings. The molecule has 0 radical (unpaired) electrons. The van der Waals surface area contributed by atoms with Gasteiger partial charge in [0.05, 0.1) is 0 Å². The predicted octanol–water partition coefficient (Wildman–Crippen LogP) is 4.22. The average Bonchev–Trinajstić information content (AvgIpc) is 2.45. The summed E-state index contributed by atoms with van der Waals surface area (Å²) in [6, 6.07) is 21.4. The van der Waals surface area contributed by atoms with Crippen LogP contribution in [0.4, 0.5) is 0 Å². The normalized spacial score (nSPS) is 11.6. The van der Waals surface area contributed by atoms with Crippen molar-refractivity contribution in [2.45, 2.75) is 12.5 Å². The van der Waals surface area contributed by atoms with Gasteiger partial charge in [-0.2, -0.15) is 0 Å². The lowest BCUT2D eigenvalue weighted by Gasteiger charge is -2.19. The van der Waals surface area contributed by atoms with Crippen molar-refractivity contribution >= 4 is 24.0 Å². The third kappa shape index (κ3) is 5.23. The minimum atomic E-state index is 0. The summed E-state index contributed by atoms with van der Waals surface area (Å²) >= 11 is 5.77. The largest absolute Gasteiger partial charge is 0.308 e. The fraction of sp³-hybridized carbons (Fsp3) is 0.250. The van der Waals surface area contributed by atoms with E-state index in [1.165, 1.54) is 11.1 Å². The summed E-state index contributed by atoms with van der Waals surface area (Å²) < 4.78 is 0. The van der Waals surface area contributed by atoms with Gasteiger partial charge < -0.3 is 5.32 Å². The van der Waals surface area contributed by atoms with Crippen LogP contribution in [0.3, 0.4) is 0 Å².